The minimum atomic E-state index is -0.680. The van der Waals surface area contributed by atoms with Gasteiger partial charge in [-0.15, -0.1) is 0 Å². The SMILES string of the molecule is Cc1c(F)cc(N=C(c2ccccc2)c2ccccc2)c(C2OC=CO2)c1Br. The van der Waals surface area contributed by atoms with Gasteiger partial charge in [0.15, 0.2) is 0 Å². The van der Waals surface area contributed by atoms with Gasteiger partial charge in [-0.2, -0.15) is 0 Å². The van der Waals surface area contributed by atoms with Crippen LogP contribution in [-0.2, 0) is 9.47 Å². The molecule has 0 amide bonds. The molecule has 3 aromatic rings. The summed E-state index contributed by atoms with van der Waals surface area (Å²) in [5, 5.41) is 0. The van der Waals surface area contributed by atoms with Crippen molar-refractivity contribution in [1.82, 2.24) is 0 Å². The number of halogens is 2. The van der Waals surface area contributed by atoms with Crippen LogP contribution in [0.15, 0.2) is 88.7 Å². The lowest BCUT2D eigenvalue weighted by atomic mass is 10.0. The van der Waals surface area contributed by atoms with E-state index in [9.17, 15) is 4.39 Å². The molecule has 1 aliphatic rings. The third kappa shape index (κ3) is 3.58. The molecule has 0 spiro atoms. The van der Waals surface area contributed by atoms with Crippen molar-refractivity contribution < 1.29 is 13.9 Å². The molecule has 0 saturated heterocycles. The zero-order chi connectivity index (χ0) is 19.5. The molecule has 3 aromatic carbocycles. The predicted molar refractivity (Wildman–Crippen MR) is 111 cm³/mol. The standard InChI is InChI=1S/C23H17BrFNO2/c1-15-18(25)14-19(20(21(15)24)23-27-12-13-28-23)26-22(16-8-4-2-5-9-16)17-10-6-3-7-11-17/h2-14,23H,1H3. The van der Waals surface area contributed by atoms with Gasteiger partial charge in [-0.3, -0.25) is 0 Å². The summed E-state index contributed by atoms with van der Waals surface area (Å²) < 4.78 is 26.2. The van der Waals surface area contributed by atoms with Crippen LogP contribution in [0.25, 0.3) is 0 Å². The summed E-state index contributed by atoms with van der Waals surface area (Å²) in [6.07, 6.45) is 2.26. The Labute approximate surface area is 171 Å². The van der Waals surface area contributed by atoms with Crippen LogP contribution < -0.4 is 0 Å². The Hall–Kier alpha value is -2.92. The van der Waals surface area contributed by atoms with Gasteiger partial charge in [0.05, 0.1) is 17.0 Å². The fraction of sp³-hybridized carbons (Fsp3) is 0.0870. The van der Waals surface area contributed by atoms with Crippen molar-refractivity contribution >= 4 is 27.3 Å². The molecule has 3 nitrogen and oxygen atoms in total. The number of rotatable bonds is 4. The van der Waals surface area contributed by atoms with Gasteiger partial charge in [0.25, 0.3) is 6.29 Å². The quantitative estimate of drug-likeness (QED) is 0.431. The number of ether oxygens (including phenoxy) is 2. The normalized spacial score (nSPS) is 13.1. The Balaban J connectivity index is 1.94. The molecular weight excluding hydrogens is 421 g/mol. The van der Waals surface area contributed by atoms with Gasteiger partial charge in [0, 0.05) is 21.7 Å². The van der Waals surface area contributed by atoms with E-state index < -0.39 is 6.29 Å². The van der Waals surface area contributed by atoms with E-state index >= 15 is 0 Å². The van der Waals surface area contributed by atoms with E-state index in [1.165, 1.54) is 18.6 Å². The Morgan fingerprint density at radius 1 is 0.929 bits per heavy atom. The first-order chi connectivity index (χ1) is 13.6. The third-order valence-corrected chi connectivity index (χ3v) is 5.51. The molecule has 1 heterocycles. The molecule has 0 fully saturated rings. The fourth-order valence-corrected chi connectivity index (χ4v) is 3.60. The van der Waals surface area contributed by atoms with Crippen molar-refractivity contribution in [3.8, 4) is 0 Å². The maximum Gasteiger partial charge on any atom is 0.269 e. The number of benzene rings is 3. The summed E-state index contributed by atoms with van der Waals surface area (Å²) in [7, 11) is 0. The van der Waals surface area contributed by atoms with E-state index in [0.717, 1.165) is 16.8 Å². The zero-order valence-electron chi connectivity index (χ0n) is 15.1. The van der Waals surface area contributed by atoms with Crippen molar-refractivity contribution in [2.45, 2.75) is 13.2 Å². The highest BCUT2D eigenvalue weighted by atomic mass is 79.9. The summed E-state index contributed by atoms with van der Waals surface area (Å²) in [6.45, 7) is 1.70. The van der Waals surface area contributed by atoms with Crippen LogP contribution in [0.5, 0.6) is 0 Å². The van der Waals surface area contributed by atoms with E-state index in [2.05, 4.69) is 15.9 Å². The van der Waals surface area contributed by atoms with Crippen LogP contribution in [0.3, 0.4) is 0 Å². The van der Waals surface area contributed by atoms with Crippen molar-refractivity contribution in [1.29, 1.82) is 0 Å². The minimum Gasteiger partial charge on any atom is -0.455 e. The zero-order valence-corrected chi connectivity index (χ0v) is 16.7. The molecule has 28 heavy (non-hydrogen) atoms. The molecule has 0 radical (unpaired) electrons. The number of nitrogens with zero attached hydrogens (tertiary/aromatic N) is 1. The molecular formula is C23H17BrFNO2. The maximum absolute atomic E-state index is 14.6. The van der Waals surface area contributed by atoms with Crippen LogP contribution in [0.2, 0.25) is 0 Å². The predicted octanol–water partition coefficient (Wildman–Crippen LogP) is 6.58. The fourth-order valence-electron chi connectivity index (χ4n) is 3.03. The summed E-state index contributed by atoms with van der Waals surface area (Å²) in [5.41, 5.74) is 4.18. The highest BCUT2D eigenvalue weighted by molar-refractivity contribution is 9.10. The lowest BCUT2D eigenvalue weighted by Crippen LogP contribution is -2.06. The molecule has 1 aliphatic heterocycles. The third-order valence-electron chi connectivity index (χ3n) is 4.49. The number of hydrogen-bond acceptors (Lipinski definition) is 3. The number of hydrogen-bond donors (Lipinski definition) is 0. The Bertz CT molecular complexity index is 1000. The van der Waals surface area contributed by atoms with Crippen LogP contribution in [0.1, 0.15) is 28.5 Å². The molecule has 4 rings (SSSR count). The van der Waals surface area contributed by atoms with Crippen LogP contribution in [0, 0.1) is 12.7 Å². The van der Waals surface area contributed by atoms with E-state index in [-0.39, 0.29) is 5.82 Å². The Morgan fingerprint density at radius 3 is 2.00 bits per heavy atom. The molecule has 0 atom stereocenters. The van der Waals surface area contributed by atoms with E-state index in [0.29, 0.717) is 21.3 Å². The molecule has 0 bridgehead atoms. The van der Waals surface area contributed by atoms with Gasteiger partial charge in [-0.1, -0.05) is 60.7 Å². The summed E-state index contributed by atoms with van der Waals surface area (Å²) in [6, 6.07) is 21.1. The van der Waals surface area contributed by atoms with Gasteiger partial charge >= 0.3 is 0 Å². The van der Waals surface area contributed by atoms with Gasteiger partial charge < -0.3 is 9.47 Å². The van der Waals surface area contributed by atoms with Crippen LogP contribution in [-0.4, -0.2) is 5.71 Å². The van der Waals surface area contributed by atoms with Crippen molar-refractivity contribution in [3.63, 3.8) is 0 Å². The van der Waals surface area contributed by atoms with Crippen LogP contribution >= 0.6 is 15.9 Å². The van der Waals surface area contributed by atoms with Crippen molar-refractivity contribution in [3.05, 3.63) is 112 Å². The highest BCUT2D eigenvalue weighted by Gasteiger charge is 2.26. The second-order valence-electron chi connectivity index (χ2n) is 6.30. The molecule has 0 aliphatic carbocycles. The monoisotopic (exact) mass is 437 g/mol. The summed E-state index contributed by atoms with van der Waals surface area (Å²) in [5.74, 6) is -0.346. The van der Waals surface area contributed by atoms with Gasteiger partial charge in [0.1, 0.15) is 18.3 Å². The smallest absolute Gasteiger partial charge is 0.269 e. The summed E-state index contributed by atoms with van der Waals surface area (Å²) in [4.78, 5) is 4.87. The topological polar surface area (TPSA) is 30.8 Å². The van der Waals surface area contributed by atoms with E-state index in [1.54, 1.807) is 6.92 Å². The second kappa shape index (κ2) is 7.98. The highest BCUT2D eigenvalue weighted by Crippen LogP contribution is 2.40. The first-order valence-electron chi connectivity index (χ1n) is 8.79. The molecule has 0 saturated carbocycles. The maximum atomic E-state index is 14.6. The van der Waals surface area contributed by atoms with Gasteiger partial charge in [-0.05, 0) is 28.4 Å². The van der Waals surface area contributed by atoms with Crippen molar-refractivity contribution in [2.75, 3.05) is 0 Å². The molecule has 140 valence electrons. The number of aliphatic imine (C=N–C) groups is 1. The molecule has 5 heteroatoms. The first kappa shape index (κ1) is 18.4. The molecule has 0 N–H and O–H groups in total. The van der Waals surface area contributed by atoms with Gasteiger partial charge in [0.2, 0.25) is 0 Å². The largest absolute Gasteiger partial charge is 0.455 e. The average molecular weight is 438 g/mol. The van der Waals surface area contributed by atoms with Crippen molar-refractivity contribution in [2.24, 2.45) is 4.99 Å². The molecule has 0 unspecified atom stereocenters. The van der Waals surface area contributed by atoms with E-state index in [4.69, 9.17) is 14.5 Å². The average Bonchev–Trinajstić information content (AvgIpc) is 3.26. The minimum absolute atomic E-state index is 0.346. The lowest BCUT2D eigenvalue weighted by molar-refractivity contribution is -0.0247. The lowest BCUT2D eigenvalue weighted by Gasteiger charge is -2.18. The summed E-state index contributed by atoms with van der Waals surface area (Å²) >= 11 is 3.50. The van der Waals surface area contributed by atoms with Crippen LogP contribution in [0.4, 0.5) is 10.1 Å². The second-order valence-corrected chi connectivity index (χ2v) is 7.09. The first-order valence-corrected chi connectivity index (χ1v) is 9.58. The molecule has 0 aromatic heterocycles. The van der Waals surface area contributed by atoms with Gasteiger partial charge in [-0.25, -0.2) is 9.38 Å². The van der Waals surface area contributed by atoms with E-state index in [1.807, 2.05) is 60.7 Å². The Kier molecular flexibility index (Phi) is 5.26. The Morgan fingerprint density at radius 2 is 1.46 bits per heavy atom.